The fourth-order valence-electron chi connectivity index (χ4n) is 3.97. The number of nitrogens with zero attached hydrogens (tertiary/aromatic N) is 3. The van der Waals surface area contributed by atoms with Gasteiger partial charge in [-0.15, -0.1) is 11.3 Å². The number of aryl methyl sites for hydroxylation is 2. The van der Waals surface area contributed by atoms with Crippen molar-refractivity contribution in [2.45, 2.75) is 33.2 Å². The van der Waals surface area contributed by atoms with Crippen LogP contribution >= 0.6 is 11.3 Å². The first kappa shape index (κ1) is 23.3. The molecular weight excluding hydrogens is 454 g/mol. The summed E-state index contributed by atoms with van der Waals surface area (Å²) in [6, 6.07) is 9.38. The monoisotopic (exact) mass is 477 g/mol. The van der Waals surface area contributed by atoms with Gasteiger partial charge >= 0.3 is 5.97 Å². The van der Waals surface area contributed by atoms with Crippen LogP contribution in [0, 0.1) is 13.8 Å². The highest BCUT2D eigenvalue weighted by Crippen LogP contribution is 2.42. The van der Waals surface area contributed by atoms with Crippen molar-refractivity contribution in [3.8, 4) is 0 Å². The van der Waals surface area contributed by atoms with Gasteiger partial charge in [0, 0.05) is 18.1 Å². The van der Waals surface area contributed by atoms with Gasteiger partial charge in [0.25, 0.3) is 5.91 Å². The summed E-state index contributed by atoms with van der Waals surface area (Å²) in [4.78, 5) is 48.8. The van der Waals surface area contributed by atoms with Crippen LogP contribution in [0.5, 0.6) is 0 Å². The van der Waals surface area contributed by atoms with Crippen molar-refractivity contribution in [2.75, 3.05) is 11.5 Å². The zero-order valence-corrected chi connectivity index (χ0v) is 19.8. The molecule has 2 aromatic heterocycles. The lowest BCUT2D eigenvalue weighted by molar-refractivity contribution is -0.142. The summed E-state index contributed by atoms with van der Waals surface area (Å²) >= 11 is 1.22. The minimum absolute atomic E-state index is 0.0136. The molecule has 0 bridgehead atoms. The van der Waals surface area contributed by atoms with Gasteiger partial charge in [-0.1, -0.05) is 18.2 Å². The molecule has 0 saturated heterocycles. The largest absolute Gasteiger partial charge is 0.503 e. The fraction of sp³-hybridized carbons (Fsp3) is 0.240. The molecule has 1 aliphatic rings. The first-order valence-corrected chi connectivity index (χ1v) is 11.5. The number of hydrogen-bond acceptors (Lipinski definition) is 8. The van der Waals surface area contributed by atoms with Gasteiger partial charge in [0.05, 0.1) is 40.2 Å². The first-order valence-electron chi connectivity index (χ1n) is 10.7. The number of aliphatic hydroxyl groups is 1. The van der Waals surface area contributed by atoms with E-state index in [2.05, 4.69) is 9.97 Å². The number of thiazole rings is 1. The number of anilines is 1. The van der Waals surface area contributed by atoms with Crippen LogP contribution < -0.4 is 4.90 Å². The molecule has 34 heavy (non-hydrogen) atoms. The zero-order valence-electron chi connectivity index (χ0n) is 18.9. The average Bonchev–Trinajstić information content (AvgIpc) is 3.30. The van der Waals surface area contributed by atoms with Gasteiger partial charge in [-0.2, -0.15) is 0 Å². The number of carbonyl (C=O) groups excluding carboxylic acids is 3. The van der Waals surface area contributed by atoms with Crippen molar-refractivity contribution >= 4 is 34.7 Å². The molecule has 0 aliphatic carbocycles. The average molecular weight is 478 g/mol. The predicted octanol–water partition coefficient (Wildman–Crippen LogP) is 4.04. The number of amides is 1. The number of benzene rings is 1. The summed E-state index contributed by atoms with van der Waals surface area (Å²) in [7, 11) is 0. The Morgan fingerprint density at radius 1 is 1.18 bits per heavy atom. The van der Waals surface area contributed by atoms with Crippen molar-refractivity contribution in [2.24, 2.45) is 0 Å². The minimum Gasteiger partial charge on any atom is -0.503 e. The van der Waals surface area contributed by atoms with Crippen molar-refractivity contribution in [1.29, 1.82) is 0 Å². The molecule has 3 heterocycles. The molecule has 1 N–H and O–H groups in total. The Labute approximate surface area is 200 Å². The third-order valence-corrected chi connectivity index (χ3v) is 6.50. The summed E-state index contributed by atoms with van der Waals surface area (Å²) in [5, 5.41) is 11.6. The SMILES string of the molecule is CCOC(=O)Cc1ccc(N2C(=O)C(O)=C(C(=O)c3sc(C)nc3C)C2c2cccnc2)cc1. The lowest BCUT2D eigenvalue weighted by Crippen LogP contribution is -2.31. The smallest absolute Gasteiger partial charge is 0.310 e. The lowest BCUT2D eigenvalue weighted by Gasteiger charge is -2.26. The molecule has 174 valence electrons. The van der Waals surface area contributed by atoms with Crippen molar-refractivity contribution in [3.05, 3.63) is 86.8 Å². The Morgan fingerprint density at radius 2 is 1.91 bits per heavy atom. The van der Waals surface area contributed by atoms with E-state index < -0.39 is 23.5 Å². The van der Waals surface area contributed by atoms with Crippen LogP contribution in [0.3, 0.4) is 0 Å². The number of esters is 1. The van der Waals surface area contributed by atoms with Gasteiger partial charge < -0.3 is 9.84 Å². The van der Waals surface area contributed by atoms with E-state index in [4.69, 9.17) is 4.74 Å². The fourth-order valence-corrected chi connectivity index (χ4v) is 4.85. The van der Waals surface area contributed by atoms with E-state index >= 15 is 0 Å². The topological polar surface area (TPSA) is 110 Å². The number of aliphatic hydroxyl groups excluding tert-OH is 1. The number of carbonyl (C=O) groups is 3. The highest BCUT2D eigenvalue weighted by molar-refractivity contribution is 7.14. The number of aromatic nitrogens is 2. The second-order valence-electron chi connectivity index (χ2n) is 7.75. The third kappa shape index (κ3) is 4.34. The molecule has 1 amide bonds. The molecule has 9 heteroatoms. The second kappa shape index (κ2) is 9.56. The van der Waals surface area contributed by atoms with Crippen LogP contribution in [0.4, 0.5) is 5.69 Å². The summed E-state index contributed by atoms with van der Waals surface area (Å²) in [5.41, 5.74) is 2.30. The summed E-state index contributed by atoms with van der Waals surface area (Å²) in [5.74, 6) is -2.07. The number of pyridine rings is 1. The van der Waals surface area contributed by atoms with E-state index in [1.54, 1.807) is 69.6 Å². The summed E-state index contributed by atoms with van der Waals surface area (Å²) in [6.07, 6.45) is 3.26. The van der Waals surface area contributed by atoms with Gasteiger partial charge in [0.1, 0.15) is 0 Å². The molecule has 0 spiro atoms. The van der Waals surface area contributed by atoms with Crippen LogP contribution in [-0.2, 0) is 20.7 Å². The molecular formula is C25H23N3O5S. The normalized spacial score (nSPS) is 15.7. The van der Waals surface area contributed by atoms with Gasteiger partial charge in [0.2, 0.25) is 5.78 Å². The van der Waals surface area contributed by atoms with Crippen molar-refractivity contribution in [1.82, 2.24) is 9.97 Å². The highest BCUT2D eigenvalue weighted by atomic mass is 32.1. The quantitative estimate of drug-likeness (QED) is 0.404. The van der Waals surface area contributed by atoms with Crippen LogP contribution in [0.1, 0.15) is 44.5 Å². The first-order chi connectivity index (χ1) is 16.3. The zero-order chi connectivity index (χ0) is 24.4. The van der Waals surface area contributed by atoms with Gasteiger partial charge in [-0.3, -0.25) is 24.3 Å². The van der Waals surface area contributed by atoms with Gasteiger partial charge in [-0.25, -0.2) is 4.98 Å². The number of ether oxygens (including phenoxy) is 1. The van der Waals surface area contributed by atoms with Crippen LogP contribution in [0.25, 0.3) is 0 Å². The highest BCUT2D eigenvalue weighted by Gasteiger charge is 2.45. The standard InChI is InChI=1S/C25H23N3O5S/c1-4-33-19(29)12-16-7-9-18(10-8-16)28-21(17-6-5-11-26-13-17)20(23(31)25(28)32)22(30)24-14(2)27-15(3)34-24/h5-11,13,21,31H,4,12H2,1-3H3. The van der Waals surface area contributed by atoms with Crippen LogP contribution in [0.2, 0.25) is 0 Å². The van der Waals surface area contributed by atoms with Crippen molar-refractivity contribution in [3.63, 3.8) is 0 Å². The maximum atomic E-state index is 13.5. The van der Waals surface area contributed by atoms with E-state index in [1.165, 1.54) is 16.2 Å². The van der Waals surface area contributed by atoms with Gasteiger partial charge in [0.15, 0.2) is 5.76 Å². The molecule has 4 rings (SSSR count). The summed E-state index contributed by atoms with van der Waals surface area (Å²) in [6.45, 7) is 5.56. The molecule has 0 saturated carbocycles. The molecule has 8 nitrogen and oxygen atoms in total. The van der Waals surface area contributed by atoms with E-state index in [-0.39, 0.29) is 18.0 Å². The predicted molar refractivity (Wildman–Crippen MR) is 127 cm³/mol. The lowest BCUT2D eigenvalue weighted by atomic mass is 9.96. The molecule has 1 aromatic carbocycles. The van der Waals surface area contributed by atoms with Crippen molar-refractivity contribution < 1.29 is 24.2 Å². The Morgan fingerprint density at radius 3 is 2.50 bits per heavy atom. The molecule has 3 aromatic rings. The van der Waals surface area contributed by atoms with Gasteiger partial charge in [-0.05, 0) is 50.1 Å². The molecule has 0 radical (unpaired) electrons. The van der Waals surface area contributed by atoms with E-state index in [9.17, 15) is 19.5 Å². The molecule has 1 aliphatic heterocycles. The Balaban J connectivity index is 1.75. The van der Waals surface area contributed by atoms with Crippen LogP contribution in [-0.4, -0.2) is 39.3 Å². The number of rotatable bonds is 7. The molecule has 1 unspecified atom stereocenters. The van der Waals surface area contributed by atoms with E-state index in [0.29, 0.717) is 28.4 Å². The number of hydrogen-bond donors (Lipinski definition) is 1. The molecule has 1 atom stereocenters. The van der Waals surface area contributed by atoms with E-state index in [0.717, 1.165) is 10.6 Å². The van der Waals surface area contributed by atoms with Crippen LogP contribution in [0.15, 0.2) is 60.1 Å². The van der Waals surface area contributed by atoms with E-state index in [1.807, 2.05) is 0 Å². The Hall–Kier alpha value is -3.85. The third-order valence-electron chi connectivity index (χ3n) is 5.43. The Bertz CT molecular complexity index is 1280. The minimum atomic E-state index is -0.869. The Kier molecular flexibility index (Phi) is 6.56. The second-order valence-corrected chi connectivity index (χ2v) is 8.95. The summed E-state index contributed by atoms with van der Waals surface area (Å²) < 4.78 is 4.98. The number of Topliss-reactive ketones (excluding diaryl/α,β-unsaturated/α-hetero) is 1. The maximum absolute atomic E-state index is 13.5. The maximum Gasteiger partial charge on any atom is 0.310 e. The molecule has 0 fully saturated rings. The number of ketones is 1.